The van der Waals surface area contributed by atoms with Crippen LogP contribution in [0.25, 0.3) is 10.4 Å². The Labute approximate surface area is 165 Å². The molecule has 138 valence electrons. The van der Waals surface area contributed by atoms with Crippen LogP contribution in [0.1, 0.15) is 45.5 Å². The summed E-state index contributed by atoms with van der Waals surface area (Å²) in [5.41, 5.74) is 10.9. The van der Waals surface area contributed by atoms with E-state index in [9.17, 15) is 4.79 Å². The maximum absolute atomic E-state index is 11.7. The maximum Gasteiger partial charge on any atom is 0.220 e. The molecule has 0 spiro atoms. The number of benzene rings is 1. The molecule has 1 amide bonds. The lowest BCUT2D eigenvalue weighted by Gasteiger charge is -2.12. The van der Waals surface area contributed by atoms with E-state index in [0.29, 0.717) is 10.8 Å². The molecule has 1 aromatic carbocycles. The number of nitrogens with zero attached hydrogens (tertiary/aromatic N) is 2. The molecule has 4 rings (SSSR count). The third kappa shape index (κ3) is 2.89. The fraction of sp³-hybridized carbons (Fsp3) is 0.250. The lowest BCUT2D eigenvalue weighted by atomic mass is 9.96. The molecule has 0 unspecified atom stereocenters. The number of aliphatic imine (C=N–C) groups is 1. The number of halogens is 1. The van der Waals surface area contributed by atoms with E-state index < -0.39 is 11.9 Å². The van der Waals surface area contributed by atoms with E-state index in [0.717, 1.165) is 38.5 Å². The molecule has 3 heterocycles. The number of nitrogens with two attached hydrogens (primary N) is 1. The Morgan fingerprint density at radius 3 is 2.70 bits per heavy atom. The average molecular weight is 400 g/mol. The fourth-order valence-electron chi connectivity index (χ4n) is 3.44. The molecule has 0 bridgehead atoms. The zero-order chi connectivity index (χ0) is 19.3. The van der Waals surface area contributed by atoms with Gasteiger partial charge in [0.15, 0.2) is 5.76 Å². The van der Waals surface area contributed by atoms with Gasteiger partial charge in [0.25, 0.3) is 0 Å². The van der Waals surface area contributed by atoms with Crippen molar-refractivity contribution in [3.8, 4) is 10.4 Å². The highest BCUT2D eigenvalue weighted by molar-refractivity contribution is 7.16. The largest absolute Gasteiger partial charge is 0.370 e. The first kappa shape index (κ1) is 17.9. The Morgan fingerprint density at radius 1 is 1.26 bits per heavy atom. The van der Waals surface area contributed by atoms with Crippen molar-refractivity contribution in [1.29, 1.82) is 0 Å². The molecule has 1 aliphatic heterocycles. The summed E-state index contributed by atoms with van der Waals surface area (Å²) in [5, 5.41) is 4.74. The van der Waals surface area contributed by atoms with E-state index >= 15 is 0 Å². The average Bonchev–Trinajstić information content (AvgIpc) is 3.08. The summed E-state index contributed by atoms with van der Waals surface area (Å²) >= 11 is 8.18. The molecule has 2 aromatic heterocycles. The number of aryl methyl sites for hydroxylation is 2. The van der Waals surface area contributed by atoms with E-state index in [1.165, 1.54) is 4.88 Å². The number of rotatable bonds is 3. The van der Waals surface area contributed by atoms with E-state index in [1.807, 2.05) is 31.2 Å². The minimum atomic E-state index is -0.538. The van der Waals surface area contributed by atoms with Crippen LogP contribution in [-0.2, 0) is 4.79 Å². The highest BCUT2D eigenvalue weighted by atomic mass is 35.5. The molecule has 5 nitrogen and oxygen atoms in total. The minimum absolute atomic E-state index is 0.0442. The predicted molar refractivity (Wildman–Crippen MR) is 108 cm³/mol. The summed E-state index contributed by atoms with van der Waals surface area (Å²) in [6.45, 7) is 6.06. The standard InChI is InChI=1S/C20H18ClN3O2S/c1-9-11(3)27-20-16(9)18(12-6-4-5-7-13(12)21)23-14(8-15(22)25)19-17(20)10(2)24-26-19/h4-7,14H,8H2,1-3H3,(H2,22,25)/t14-/m0/s1. The Hall–Kier alpha value is -2.44. The van der Waals surface area contributed by atoms with Crippen LogP contribution >= 0.6 is 22.9 Å². The highest BCUT2D eigenvalue weighted by Gasteiger charge is 2.34. The number of amides is 1. The Balaban J connectivity index is 2.07. The SMILES string of the molecule is Cc1noc2c1-c1sc(C)c(C)c1C(c1ccccc1Cl)=N[C@H]2CC(N)=O. The van der Waals surface area contributed by atoms with Crippen molar-refractivity contribution < 1.29 is 9.32 Å². The summed E-state index contributed by atoms with van der Waals surface area (Å²) in [4.78, 5) is 18.9. The second kappa shape index (κ2) is 6.62. The fourth-order valence-corrected chi connectivity index (χ4v) is 4.93. The van der Waals surface area contributed by atoms with Gasteiger partial charge < -0.3 is 10.3 Å². The van der Waals surface area contributed by atoms with Crippen LogP contribution in [0.4, 0.5) is 0 Å². The lowest BCUT2D eigenvalue weighted by Crippen LogP contribution is -2.15. The van der Waals surface area contributed by atoms with Crippen LogP contribution in [0.5, 0.6) is 0 Å². The van der Waals surface area contributed by atoms with Gasteiger partial charge >= 0.3 is 0 Å². The topological polar surface area (TPSA) is 81.5 Å². The number of carbonyl (C=O) groups is 1. The molecule has 0 radical (unpaired) electrons. The van der Waals surface area contributed by atoms with Crippen molar-refractivity contribution in [1.82, 2.24) is 5.16 Å². The van der Waals surface area contributed by atoms with Gasteiger partial charge in [0.1, 0.15) is 6.04 Å². The van der Waals surface area contributed by atoms with Gasteiger partial charge in [0.05, 0.1) is 23.4 Å². The highest BCUT2D eigenvalue weighted by Crippen LogP contribution is 2.46. The number of carbonyl (C=O) groups excluding carboxylic acids is 1. The summed E-state index contributed by atoms with van der Waals surface area (Å²) in [6, 6.07) is 7.05. The lowest BCUT2D eigenvalue weighted by molar-refractivity contribution is -0.118. The first-order valence-electron chi connectivity index (χ1n) is 8.56. The second-order valence-electron chi connectivity index (χ2n) is 6.64. The number of hydrogen-bond donors (Lipinski definition) is 1. The van der Waals surface area contributed by atoms with Crippen molar-refractivity contribution in [2.75, 3.05) is 0 Å². The second-order valence-corrected chi connectivity index (χ2v) is 8.27. The normalized spacial score (nSPS) is 15.7. The molecule has 2 N–H and O–H groups in total. The van der Waals surface area contributed by atoms with Crippen LogP contribution in [0.3, 0.4) is 0 Å². The molecule has 0 saturated carbocycles. The predicted octanol–water partition coefficient (Wildman–Crippen LogP) is 4.75. The van der Waals surface area contributed by atoms with E-state index in [2.05, 4.69) is 19.0 Å². The molecule has 0 fully saturated rings. The zero-order valence-corrected chi connectivity index (χ0v) is 16.7. The third-order valence-electron chi connectivity index (χ3n) is 4.85. The molecule has 7 heteroatoms. The van der Waals surface area contributed by atoms with E-state index in [4.69, 9.17) is 26.9 Å². The van der Waals surface area contributed by atoms with Gasteiger partial charge in [-0.1, -0.05) is 35.0 Å². The number of primary amides is 1. The van der Waals surface area contributed by atoms with Crippen molar-refractivity contribution >= 4 is 34.6 Å². The summed E-state index contributed by atoms with van der Waals surface area (Å²) < 4.78 is 5.61. The van der Waals surface area contributed by atoms with Gasteiger partial charge in [-0.3, -0.25) is 9.79 Å². The molecule has 0 saturated heterocycles. The number of fused-ring (bicyclic) bond motifs is 3. The van der Waals surface area contributed by atoms with Crippen LogP contribution < -0.4 is 5.73 Å². The van der Waals surface area contributed by atoms with Crippen LogP contribution in [0.15, 0.2) is 33.8 Å². The van der Waals surface area contributed by atoms with Crippen molar-refractivity contribution in [3.05, 3.63) is 62.3 Å². The monoisotopic (exact) mass is 399 g/mol. The Bertz CT molecular complexity index is 1100. The molecular weight excluding hydrogens is 382 g/mol. The van der Waals surface area contributed by atoms with Crippen LogP contribution in [0.2, 0.25) is 5.02 Å². The van der Waals surface area contributed by atoms with Crippen molar-refractivity contribution in [2.24, 2.45) is 10.7 Å². The quantitative estimate of drug-likeness (QED) is 0.689. The molecular formula is C20H18ClN3O2S. The van der Waals surface area contributed by atoms with Gasteiger partial charge in [0, 0.05) is 25.9 Å². The van der Waals surface area contributed by atoms with Crippen molar-refractivity contribution in [2.45, 2.75) is 33.2 Å². The molecule has 1 aliphatic rings. The van der Waals surface area contributed by atoms with Crippen LogP contribution in [0, 0.1) is 20.8 Å². The van der Waals surface area contributed by atoms with E-state index in [1.54, 1.807) is 11.3 Å². The summed E-state index contributed by atoms with van der Waals surface area (Å²) in [7, 11) is 0. The van der Waals surface area contributed by atoms with Gasteiger partial charge in [-0.2, -0.15) is 0 Å². The Morgan fingerprint density at radius 2 is 2.00 bits per heavy atom. The zero-order valence-electron chi connectivity index (χ0n) is 15.2. The Kier molecular flexibility index (Phi) is 4.40. The number of thiophene rings is 1. The first-order valence-corrected chi connectivity index (χ1v) is 9.75. The number of hydrogen-bond acceptors (Lipinski definition) is 5. The minimum Gasteiger partial charge on any atom is -0.370 e. The van der Waals surface area contributed by atoms with Gasteiger partial charge in [-0.25, -0.2) is 0 Å². The van der Waals surface area contributed by atoms with Gasteiger partial charge in [-0.15, -0.1) is 11.3 Å². The smallest absolute Gasteiger partial charge is 0.220 e. The molecule has 27 heavy (non-hydrogen) atoms. The molecule has 1 atom stereocenters. The van der Waals surface area contributed by atoms with Gasteiger partial charge in [0.2, 0.25) is 5.91 Å². The van der Waals surface area contributed by atoms with Crippen molar-refractivity contribution in [3.63, 3.8) is 0 Å². The molecule has 3 aromatic rings. The number of aromatic nitrogens is 1. The summed E-state index contributed by atoms with van der Waals surface area (Å²) in [6.07, 6.45) is 0.0442. The first-order chi connectivity index (χ1) is 12.9. The maximum atomic E-state index is 11.7. The van der Waals surface area contributed by atoms with Gasteiger partial charge in [-0.05, 0) is 32.4 Å². The third-order valence-corrected chi connectivity index (χ3v) is 6.40. The summed E-state index contributed by atoms with van der Waals surface area (Å²) in [5.74, 6) is 0.135. The van der Waals surface area contributed by atoms with E-state index in [-0.39, 0.29) is 6.42 Å². The molecule has 0 aliphatic carbocycles. The van der Waals surface area contributed by atoms with Crippen LogP contribution in [-0.4, -0.2) is 16.8 Å².